The van der Waals surface area contributed by atoms with Gasteiger partial charge in [0, 0.05) is 31.2 Å². The van der Waals surface area contributed by atoms with E-state index in [4.69, 9.17) is 0 Å². The van der Waals surface area contributed by atoms with E-state index >= 15 is 0 Å². The van der Waals surface area contributed by atoms with Crippen molar-refractivity contribution in [3.63, 3.8) is 0 Å². The minimum absolute atomic E-state index is 0.0193. The van der Waals surface area contributed by atoms with Crippen LogP contribution in [-0.4, -0.2) is 55.2 Å². The maximum Gasteiger partial charge on any atom is 0.225 e. The van der Waals surface area contributed by atoms with Gasteiger partial charge in [-0.3, -0.25) is 4.79 Å². The fraction of sp³-hybridized carbons (Fsp3) is 0.562. The van der Waals surface area contributed by atoms with Gasteiger partial charge in [-0.2, -0.15) is 0 Å². The van der Waals surface area contributed by atoms with Gasteiger partial charge in [0.2, 0.25) is 5.91 Å². The fourth-order valence-electron chi connectivity index (χ4n) is 2.09. The molecule has 118 valence electrons. The first kappa shape index (κ1) is 17.6. The maximum absolute atomic E-state index is 12.0. The van der Waals surface area contributed by atoms with E-state index in [-0.39, 0.29) is 11.9 Å². The van der Waals surface area contributed by atoms with E-state index in [2.05, 4.69) is 10.6 Å². The number of benzene rings is 1. The van der Waals surface area contributed by atoms with Crippen LogP contribution in [0.25, 0.3) is 0 Å². The number of amides is 1. The quantitative estimate of drug-likeness (QED) is 0.674. The summed E-state index contributed by atoms with van der Waals surface area (Å²) in [6.07, 6.45) is -0.0508. The molecule has 5 heteroatoms. The molecule has 0 aliphatic carbocycles. The van der Waals surface area contributed by atoms with Gasteiger partial charge in [0.05, 0.1) is 6.10 Å². The molecule has 3 N–H and O–H groups in total. The van der Waals surface area contributed by atoms with Gasteiger partial charge in [0.15, 0.2) is 0 Å². The standard InChI is InChI=1S/C16H27N3O2/c1-12-7-5-6-8-15(12)18-16(21)9-13(2)17-10-14(20)11-19(3)4/h5-8,13-14,17,20H,9-11H2,1-4H3,(H,18,21). The molecule has 0 fully saturated rings. The predicted octanol–water partition coefficient (Wildman–Crippen LogP) is 1.22. The summed E-state index contributed by atoms with van der Waals surface area (Å²) in [6.45, 7) is 5.00. The van der Waals surface area contributed by atoms with Gasteiger partial charge in [-0.25, -0.2) is 0 Å². The van der Waals surface area contributed by atoms with Gasteiger partial charge in [-0.1, -0.05) is 18.2 Å². The van der Waals surface area contributed by atoms with Crippen molar-refractivity contribution in [1.29, 1.82) is 0 Å². The highest BCUT2D eigenvalue weighted by molar-refractivity contribution is 5.91. The van der Waals surface area contributed by atoms with Crippen LogP contribution in [0.4, 0.5) is 5.69 Å². The Labute approximate surface area is 127 Å². The van der Waals surface area contributed by atoms with E-state index in [0.717, 1.165) is 11.3 Å². The topological polar surface area (TPSA) is 64.6 Å². The van der Waals surface area contributed by atoms with E-state index < -0.39 is 6.10 Å². The molecule has 21 heavy (non-hydrogen) atoms. The molecule has 2 atom stereocenters. The van der Waals surface area contributed by atoms with Crippen LogP contribution >= 0.6 is 0 Å². The third-order valence-electron chi connectivity index (χ3n) is 3.19. The number of carbonyl (C=O) groups is 1. The van der Waals surface area contributed by atoms with Gasteiger partial charge in [-0.15, -0.1) is 0 Å². The molecule has 1 aromatic carbocycles. The first-order chi connectivity index (χ1) is 9.88. The van der Waals surface area contributed by atoms with E-state index in [1.165, 1.54) is 0 Å². The molecule has 1 amide bonds. The van der Waals surface area contributed by atoms with Crippen LogP contribution in [0.15, 0.2) is 24.3 Å². The molecular weight excluding hydrogens is 266 g/mol. The molecule has 0 heterocycles. The summed E-state index contributed by atoms with van der Waals surface area (Å²) in [5.74, 6) is -0.0219. The number of aliphatic hydroxyl groups is 1. The molecule has 0 radical (unpaired) electrons. The molecule has 5 nitrogen and oxygen atoms in total. The first-order valence-corrected chi connectivity index (χ1v) is 7.30. The van der Waals surface area contributed by atoms with Crippen LogP contribution in [0, 0.1) is 6.92 Å². The zero-order valence-corrected chi connectivity index (χ0v) is 13.4. The van der Waals surface area contributed by atoms with Crippen molar-refractivity contribution in [3.05, 3.63) is 29.8 Å². The number of rotatable bonds is 8. The summed E-state index contributed by atoms with van der Waals surface area (Å²) in [7, 11) is 3.84. The van der Waals surface area contributed by atoms with Crippen molar-refractivity contribution in [2.24, 2.45) is 0 Å². The Balaban J connectivity index is 2.32. The van der Waals surface area contributed by atoms with Gasteiger partial charge < -0.3 is 20.6 Å². The number of anilines is 1. The lowest BCUT2D eigenvalue weighted by molar-refractivity contribution is -0.116. The highest BCUT2D eigenvalue weighted by atomic mass is 16.3. The molecule has 0 saturated carbocycles. The van der Waals surface area contributed by atoms with Crippen molar-refractivity contribution in [1.82, 2.24) is 10.2 Å². The summed E-state index contributed by atoms with van der Waals surface area (Å²) in [5, 5.41) is 15.9. The molecule has 0 aliphatic heterocycles. The third kappa shape index (κ3) is 7.22. The fourth-order valence-corrected chi connectivity index (χ4v) is 2.09. The Hall–Kier alpha value is -1.43. The molecule has 1 rings (SSSR count). The molecule has 0 saturated heterocycles. The highest BCUT2D eigenvalue weighted by Crippen LogP contribution is 2.13. The second kappa shape index (κ2) is 8.77. The molecular formula is C16H27N3O2. The van der Waals surface area contributed by atoms with Gasteiger partial charge >= 0.3 is 0 Å². The number of para-hydroxylation sites is 1. The molecule has 0 spiro atoms. The number of hydrogen-bond donors (Lipinski definition) is 3. The van der Waals surface area contributed by atoms with Crippen LogP contribution in [0.2, 0.25) is 0 Å². The van der Waals surface area contributed by atoms with E-state index in [1.54, 1.807) is 0 Å². The summed E-state index contributed by atoms with van der Waals surface area (Å²) in [6, 6.07) is 7.73. The number of nitrogens with zero attached hydrogens (tertiary/aromatic N) is 1. The molecule has 1 aromatic rings. The van der Waals surface area contributed by atoms with Crippen LogP contribution in [0.1, 0.15) is 18.9 Å². The van der Waals surface area contributed by atoms with Crippen molar-refractivity contribution in [2.75, 3.05) is 32.5 Å². The number of carbonyl (C=O) groups excluding carboxylic acids is 1. The lowest BCUT2D eigenvalue weighted by atomic mass is 10.1. The SMILES string of the molecule is Cc1ccccc1NC(=O)CC(C)NCC(O)CN(C)C. The lowest BCUT2D eigenvalue weighted by Crippen LogP contribution is -2.40. The molecule has 2 unspecified atom stereocenters. The average Bonchev–Trinajstić information content (AvgIpc) is 2.38. The number of nitrogens with one attached hydrogen (secondary N) is 2. The zero-order valence-electron chi connectivity index (χ0n) is 13.4. The monoisotopic (exact) mass is 293 g/mol. The lowest BCUT2D eigenvalue weighted by Gasteiger charge is -2.19. The largest absolute Gasteiger partial charge is 0.390 e. The van der Waals surface area contributed by atoms with Gasteiger partial charge in [-0.05, 0) is 39.6 Å². The Morgan fingerprint density at radius 2 is 2.00 bits per heavy atom. The second-order valence-electron chi connectivity index (χ2n) is 5.79. The normalized spacial score (nSPS) is 14.0. The molecule has 0 bridgehead atoms. The minimum atomic E-state index is -0.429. The smallest absolute Gasteiger partial charge is 0.225 e. The Morgan fingerprint density at radius 1 is 1.33 bits per heavy atom. The van der Waals surface area contributed by atoms with Crippen molar-refractivity contribution in [2.45, 2.75) is 32.4 Å². The molecule has 0 aromatic heterocycles. The Bertz CT molecular complexity index is 449. The summed E-state index contributed by atoms with van der Waals surface area (Å²) in [4.78, 5) is 13.9. The number of aliphatic hydroxyl groups excluding tert-OH is 1. The number of hydrogen-bond acceptors (Lipinski definition) is 4. The molecule has 0 aliphatic rings. The first-order valence-electron chi connectivity index (χ1n) is 7.30. The van der Waals surface area contributed by atoms with Crippen LogP contribution in [0.3, 0.4) is 0 Å². The van der Waals surface area contributed by atoms with E-state index in [9.17, 15) is 9.90 Å². The number of likely N-dealkylation sites (N-methyl/N-ethyl adjacent to an activating group) is 1. The zero-order chi connectivity index (χ0) is 15.8. The van der Waals surface area contributed by atoms with E-state index in [1.807, 2.05) is 57.1 Å². The van der Waals surface area contributed by atoms with Gasteiger partial charge in [0.1, 0.15) is 0 Å². The second-order valence-corrected chi connectivity index (χ2v) is 5.79. The summed E-state index contributed by atoms with van der Waals surface area (Å²) in [5.41, 5.74) is 1.90. The van der Waals surface area contributed by atoms with Crippen LogP contribution in [0.5, 0.6) is 0 Å². The predicted molar refractivity (Wildman–Crippen MR) is 86.5 cm³/mol. The Kier molecular flexibility index (Phi) is 7.36. The highest BCUT2D eigenvalue weighted by Gasteiger charge is 2.12. The summed E-state index contributed by atoms with van der Waals surface area (Å²) >= 11 is 0. The minimum Gasteiger partial charge on any atom is -0.390 e. The van der Waals surface area contributed by atoms with E-state index in [0.29, 0.717) is 19.5 Å². The number of aryl methyl sites for hydroxylation is 1. The van der Waals surface area contributed by atoms with Crippen molar-refractivity contribution >= 4 is 11.6 Å². The Morgan fingerprint density at radius 3 is 2.62 bits per heavy atom. The van der Waals surface area contributed by atoms with Gasteiger partial charge in [0.25, 0.3) is 0 Å². The van der Waals surface area contributed by atoms with Crippen LogP contribution in [-0.2, 0) is 4.79 Å². The maximum atomic E-state index is 12.0. The van der Waals surface area contributed by atoms with Crippen molar-refractivity contribution < 1.29 is 9.90 Å². The summed E-state index contributed by atoms with van der Waals surface area (Å²) < 4.78 is 0. The van der Waals surface area contributed by atoms with Crippen LogP contribution < -0.4 is 10.6 Å². The van der Waals surface area contributed by atoms with Crippen molar-refractivity contribution in [3.8, 4) is 0 Å². The third-order valence-corrected chi connectivity index (χ3v) is 3.19. The average molecular weight is 293 g/mol.